The molecule has 2 N–H and O–H groups in total. The number of benzene rings is 1. The van der Waals surface area contributed by atoms with E-state index in [1.54, 1.807) is 18.5 Å². The van der Waals surface area contributed by atoms with Crippen LogP contribution in [-0.2, 0) is 15.0 Å². The Bertz CT molecular complexity index is 844. The lowest BCUT2D eigenvalue weighted by Gasteiger charge is -2.14. The molecule has 1 aromatic heterocycles. The van der Waals surface area contributed by atoms with Crippen molar-refractivity contribution in [3.8, 4) is 5.69 Å². The summed E-state index contributed by atoms with van der Waals surface area (Å²) in [7, 11) is 0. The number of hydrogen-bond acceptors (Lipinski definition) is 3. The number of hydrogen-bond donors (Lipinski definition) is 2. The van der Waals surface area contributed by atoms with Crippen LogP contribution in [0.2, 0.25) is 0 Å². The first kappa shape index (κ1) is 20.7. The van der Waals surface area contributed by atoms with Gasteiger partial charge in [-0.2, -0.15) is 5.10 Å². The first-order valence-electron chi connectivity index (χ1n) is 9.24. The second kappa shape index (κ2) is 7.94. The largest absolute Gasteiger partial charge is 0.347 e. The van der Waals surface area contributed by atoms with Crippen LogP contribution < -0.4 is 10.6 Å². The topological polar surface area (TPSA) is 76.0 Å². The van der Waals surface area contributed by atoms with E-state index in [2.05, 4.69) is 37.5 Å². The van der Waals surface area contributed by atoms with Crippen molar-refractivity contribution in [2.75, 3.05) is 11.9 Å². The van der Waals surface area contributed by atoms with Crippen LogP contribution in [0.3, 0.4) is 0 Å². The summed E-state index contributed by atoms with van der Waals surface area (Å²) < 4.78 is 1.76. The molecule has 6 heteroatoms. The maximum atomic E-state index is 12.4. The quantitative estimate of drug-likeness (QED) is 0.846. The molecule has 0 aliphatic rings. The summed E-state index contributed by atoms with van der Waals surface area (Å²) in [6.45, 7) is 13.8. The van der Waals surface area contributed by atoms with Crippen LogP contribution in [0.5, 0.6) is 0 Å². The van der Waals surface area contributed by atoms with E-state index in [4.69, 9.17) is 5.10 Å². The number of aromatic nitrogens is 2. The van der Waals surface area contributed by atoms with Crippen molar-refractivity contribution in [3.05, 3.63) is 41.1 Å². The van der Waals surface area contributed by atoms with E-state index in [0.29, 0.717) is 5.82 Å². The summed E-state index contributed by atoms with van der Waals surface area (Å²) in [5.74, 6) is 0.000458. The molecule has 0 bridgehead atoms. The third-order valence-corrected chi connectivity index (χ3v) is 4.27. The third-order valence-electron chi connectivity index (χ3n) is 4.27. The van der Waals surface area contributed by atoms with Crippen LogP contribution in [0.1, 0.15) is 51.4 Å². The van der Waals surface area contributed by atoms with Gasteiger partial charge in [0.25, 0.3) is 0 Å². The minimum Gasteiger partial charge on any atom is -0.347 e. The summed E-state index contributed by atoms with van der Waals surface area (Å²) in [4.78, 5) is 24.0. The zero-order valence-electron chi connectivity index (χ0n) is 17.3. The maximum absolute atomic E-state index is 12.4. The average Bonchev–Trinajstić information content (AvgIpc) is 2.96. The SMILES string of the molecule is Cc1ccc(-n2nc(C(C)(C)C)cc2NC(=O)CNC(=O)C(C)C)c(C)c1. The normalized spacial score (nSPS) is 11.6. The molecule has 2 aromatic rings. The molecule has 0 spiro atoms. The van der Waals surface area contributed by atoms with Gasteiger partial charge in [-0.25, -0.2) is 4.68 Å². The fraction of sp³-hybridized carbons (Fsp3) is 0.476. The standard InChI is InChI=1S/C21H30N4O2/c1-13(2)20(27)22-12-19(26)23-18-11-17(21(5,6)7)24-25(18)16-9-8-14(3)10-15(16)4/h8-11,13H,12H2,1-7H3,(H,22,27)(H,23,26). The van der Waals surface area contributed by atoms with Gasteiger partial charge < -0.3 is 10.6 Å². The molecular weight excluding hydrogens is 340 g/mol. The monoisotopic (exact) mass is 370 g/mol. The van der Waals surface area contributed by atoms with E-state index >= 15 is 0 Å². The van der Waals surface area contributed by atoms with Crippen molar-refractivity contribution in [2.24, 2.45) is 5.92 Å². The van der Waals surface area contributed by atoms with E-state index in [1.807, 2.05) is 32.0 Å². The van der Waals surface area contributed by atoms with Crippen LogP contribution in [0, 0.1) is 19.8 Å². The second-order valence-electron chi connectivity index (χ2n) is 8.29. The van der Waals surface area contributed by atoms with E-state index in [1.165, 1.54) is 5.56 Å². The van der Waals surface area contributed by atoms with Crippen LogP contribution >= 0.6 is 0 Å². The number of carbonyl (C=O) groups is 2. The molecule has 6 nitrogen and oxygen atoms in total. The Morgan fingerprint density at radius 1 is 1.15 bits per heavy atom. The fourth-order valence-electron chi connectivity index (χ4n) is 2.62. The van der Waals surface area contributed by atoms with Gasteiger partial charge in [0.05, 0.1) is 17.9 Å². The van der Waals surface area contributed by atoms with Gasteiger partial charge in [0, 0.05) is 17.4 Å². The van der Waals surface area contributed by atoms with Crippen LogP contribution in [0.25, 0.3) is 5.69 Å². The molecule has 0 radical (unpaired) electrons. The molecule has 2 amide bonds. The van der Waals surface area contributed by atoms with Crippen LogP contribution in [0.15, 0.2) is 24.3 Å². The Kier molecular flexibility index (Phi) is 6.08. The summed E-state index contributed by atoms with van der Waals surface area (Å²) in [6, 6.07) is 8.00. The summed E-state index contributed by atoms with van der Waals surface area (Å²) in [5.41, 5.74) is 3.88. The van der Waals surface area contributed by atoms with Crippen molar-refractivity contribution in [1.29, 1.82) is 0 Å². The van der Waals surface area contributed by atoms with Crippen molar-refractivity contribution in [3.63, 3.8) is 0 Å². The number of nitrogens with one attached hydrogen (secondary N) is 2. The first-order valence-corrected chi connectivity index (χ1v) is 9.24. The molecular formula is C21H30N4O2. The highest BCUT2D eigenvalue weighted by Gasteiger charge is 2.22. The highest BCUT2D eigenvalue weighted by atomic mass is 16.2. The van der Waals surface area contributed by atoms with Gasteiger partial charge in [-0.05, 0) is 25.5 Å². The van der Waals surface area contributed by atoms with Gasteiger partial charge in [-0.15, -0.1) is 0 Å². The number of amides is 2. The predicted octanol–water partition coefficient (Wildman–Crippen LogP) is 3.50. The zero-order valence-corrected chi connectivity index (χ0v) is 17.3. The highest BCUT2D eigenvalue weighted by molar-refractivity contribution is 5.94. The molecule has 0 saturated heterocycles. The lowest BCUT2D eigenvalue weighted by Crippen LogP contribution is -2.35. The van der Waals surface area contributed by atoms with Gasteiger partial charge in [-0.1, -0.05) is 52.3 Å². The molecule has 2 rings (SSSR count). The van der Waals surface area contributed by atoms with Crippen molar-refractivity contribution in [1.82, 2.24) is 15.1 Å². The van der Waals surface area contributed by atoms with Crippen molar-refractivity contribution in [2.45, 2.75) is 53.9 Å². The lowest BCUT2D eigenvalue weighted by atomic mass is 9.92. The Labute approximate surface area is 161 Å². The van der Waals surface area contributed by atoms with E-state index in [9.17, 15) is 9.59 Å². The van der Waals surface area contributed by atoms with Gasteiger partial charge >= 0.3 is 0 Å². The molecule has 0 atom stereocenters. The van der Waals surface area contributed by atoms with E-state index in [-0.39, 0.29) is 29.7 Å². The highest BCUT2D eigenvalue weighted by Crippen LogP contribution is 2.27. The Morgan fingerprint density at radius 3 is 2.37 bits per heavy atom. The molecule has 1 aromatic carbocycles. The average molecular weight is 370 g/mol. The number of rotatable bonds is 5. The maximum Gasteiger partial charge on any atom is 0.244 e. The molecule has 0 fully saturated rings. The Morgan fingerprint density at radius 2 is 1.81 bits per heavy atom. The predicted molar refractivity (Wildman–Crippen MR) is 108 cm³/mol. The van der Waals surface area contributed by atoms with Gasteiger partial charge in [0.15, 0.2) is 0 Å². The smallest absolute Gasteiger partial charge is 0.244 e. The molecule has 0 aliphatic carbocycles. The molecule has 0 saturated carbocycles. The number of nitrogens with zero attached hydrogens (tertiary/aromatic N) is 2. The van der Waals surface area contributed by atoms with Crippen molar-refractivity contribution < 1.29 is 9.59 Å². The lowest BCUT2D eigenvalue weighted by molar-refractivity contribution is -0.126. The minimum atomic E-state index is -0.282. The van der Waals surface area contributed by atoms with Crippen LogP contribution in [0.4, 0.5) is 5.82 Å². The number of carbonyl (C=O) groups excluding carboxylic acids is 2. The molecule has 0 aliphatic heterocycles. The minimum absolute atomic E-state index is 0.0695. The molecule has 1 heterocycles. The summed E-state index contributed by atoms with van der Waals surface area (Å²) in [6.07, 6.45) is 0. The summed E-state index contributed by atoms with van der Waals surface area (Å²) in [5, 5.41) is 10.3. The van der Waals surface area contributed by atoms with E-state index in [0.717, 1.165) is 16.9 Å². The second-order valence-corrected chi connectivity index (χ2v) is 8.29. The van der Waals surface area contributed by atoms with Gasteiger partial charge in [0.1, 0.15) is 5.82 Å². The first-order chi connectivity index (χ1) is 12.5. The molecule has 146 valence electrons. The summed E-state index contributed by atoms with van der Waals surface area (Å²) >= 11 is 0. The Balaban J connectivity index is 2.33. The fourth-order valence-corrected chi connectivity index (χ4v) is 2.62. The van der Waals surface area contributed by atoms with Crippen LogP contribution in [-0.4, -0.2) is 28.1 Å². The van der Waals surface area contributed by atoms with Gasteiger partial charge in [-0.3, -0.25) is 9.59 Å². The Hall–Kier alpha value is -2.63. The molecule has 27 heavy (non-hydrogen) atoms. The van der Waals surface area contributed by atoms with Gasteiger partial charge in [0.2, 0.25) is 11.8 Å². The van der Waals surface area contributed by atoms with Crippen molar-refractivity contribution >= 4 is 17.6 Å². The third kappa shape index (κ3) is 5.18. The number of anilines is 1. The molecule has 0 unspecified atom stereocenters. The van der Waals surface area contributed by atoms with E-state index < -0.39 is 0 Å². The zero-order chi connectivity index (χ0) is 20.4. The number of aryl methyl sites for hydroxylation is 2.